The van der Waals surface area contributed by atoms with E-state index in [1.54, 1.807) is 0 Å². The Hall–Kier alpha value is -0.980. The molecule has 0 saturated heterocycles. The lowest BCUT2D eigenvalue weighted by molar-refractivity contribution is 0.147. The number of aryl methyl sites for hydroxylation is 2. The van der Waals surface area contributed by atoms with E-state index in [0.29, 0.717) is 11.5 Å². The molecule has 0 atom stereocenters. The van der Waals surface area contributed by atoms with Gasteiger partial charge in [0.25, 0.3) is 0 Å². The Morgan fingerprint density at radius 1 is 1.10 bits per heavy atom. The number of anilines is 1. The van der Waals surface area contributed by atoms with Gasteiger partial charge in [-0.25, -0.2) is 0 Å². The fraction of sp³-hybridized carbons (Fsp3) is 0.700. The van der Waals surface area contributed by atoms with Crippen molar-refractivity contribution in [3.05, 3.63) is 29.3 Å². The summed E-state index contributed by atoms with van der Waals surface area (Å²) in [6, 6.07) is 7.34. The van der Waals surface area contributed by atoms with Crippen LogP contribution in [0.15, 0.2) is 18.2 Å². The van der Waals surface area contributed by atoms with E-state index >= 15 is 0 Å². The number of hydrogen-bond acceptors (Lipinski definition) is 1. The predicted octanol–water partition coefficient (Wildman–Crippen LogP) is 5.96. The van der Waals surface area contributed by atoms with Crippen LogP contribution in [0.3, 0.4) is 0 Å². The minimum absolute atomic E-state index is 0.516. The molecule has 1 aliphatic carbocycles. The van der Waals surface area contributed by atoms with Gasteiger partial charge in [-0.05, 0) is 61.5 Å². The van der Waals surface area contributed by atoms with Crippen LogP contribution in [0, 0.1) is 18.3 Å². The third-order valence-corrected chi connectivity index (χ3v) is 5.83. The van der Waals surface area contributed by atoms with Crippen molar-refractivity contribution in [1.29, 1.82) is 0 Å². The van der Waals surface area contributed by atoms with E-state index in [1.165, 1.54) is 48.9 Å². The predicted molar refractivity (Wildman–Crippen MR) is 94.0 cm³/mol. The molecule has 0 unspecified atom stereocenters. The van der Waals surface area contributed by atoms with E-state index in [2.05, 4.69) is 58.1 Å². The Balaban J connectivity index is 1.98. The Morgan fingerprint density at radius 2 is 1.76 bits per heavy atom. The summed E-state index contributed by atoms with van der Waals surface area (Å²) >= 11 is 0. The Morgan fingerprint density at radius 3 is 2.33 bits per heavy atom. The zero-order valence-corrected chi connectivity index (χ0v) is 14.6. The molecule has 1 aromatic rings. The van der Waals surface area contributed by atoms with Crippen molar-refractivity contribution < 1.29 is 0 Å². The molecule has 21 heavy (non-hydrogen) atoms. The lowest BCUT2D eigenvalue weighted by atomic mass is 9.69. The molecule has 1 fully saturated rings. The minimum Gasteiger partial charge on any atom is -0.382 e. The average Bonchev–Trinajstić information content (AvgIpc) is 2.50. The molecular weight excluding hydrogens is 254 g/mol. The molecule has 0 amide bonds. The number of para-hydroxylation sites is 1. The first kappa shape index (κ1) is 16.4. The minimum atomic E-state index is 0.516. The van der Waals surface area contributed by atoms with Crippen LogP contribution < -0.4 is 5.32 Å². The number of nitrogens with one attached hydrogen (secondary N) is 1. The summed E-state index contributed by atoms with van der Waals surface area (Å²) in [5.74, 6) is 0.906. The van der Waals surface area contributed by atoms with Gasteiger partial charge in [-0.3, -0.25) is 0 Å². The SMILES string of the molecule is CCc1cccc(C)c1NC1CCC(C(C)(C)CC)CC1. The normalized spacial score (nSPS) is 23.1. The van der Waals surface area contributed by atoms with Gasteiger partial charge in [-0.2, -0.15) is 0 Å². The Kier molecular flexibility index (Phi) is 5.35. The lowest BCUT2D eigenvalue weighted by Crippen LogP contribution is -2.33. The van der Waals surface area contributed by atoms with Crippen molar-refractivity contribution in [1.82, 2.24) is 0 Å². The van der Waals surface area contributed by atoms with E-state index < -0.39 is 0 Å². The van der Waals surface area contributed by atoms with E-state index in [9.17, 15) is 0 Å². The standard InChI is InChI=1S/C20H33N/c1-6-16-10-8-9-15(3)19(16)21-18-13-11-17(12-14-18)20(4,5)7-2/h8-10,17-18,21H,6-7,11-14H2,1-5H3. The number of hydrogen-bond donors (Lipinski definition) is 1. The van der Waals surface area contributed by atoms with Crippen LogP contribution in [-0.2, 0) is 6.42 Å². The highest BCUT2D eigenvalue weighted by Gasteiger charge is 2.31. The van der Waals surface area contributed by atoms with Crippen LogP contribution >= 0.6 is 0 Å². The Labute approximate surface area is 131 Å². The van der Waals surface area contributed by atoms with E-state index in [-0.39, 0.29) is 0 Å². The summed E-state index contributed by atoms with van der Waals surface area (Å²) < 4.78 is 0. The topological polar surface area (TPSA) is 12.0 Å². The zero-order chi connectivity index (χ0) is 15.5. The fourth-order valence-electron chi connectivity index (χ4n) is 3.74. The molecule has 1 heteroatoms. The van der Waals surface area contributed by atoms with Gasteiger partial charge < -0.3 is 5.32 Å². The number of benzene rings is 1. The van der Waals surface area contributed by atoms with Gasteiger partial charge in [0.2, 0.25) is 0 Å². The largest absolute Gasteiger partial charge is 0.382 e. The monoisotopic (exact) mass is 287 g/mol. The lowest BCUT2D eigenvalue weighted by Gasteiger charge is -2.39. The van der Waals surface area contributed by atoms with Crippen molar-refractivity contribution in [2.45, 2.75) is 79.2 Å². The highest BCUT2D eigenvalue weighted by molar-refractivity contribution is 5.57. The maximum absolute atomic E-state index is 3.86. The molecule has 118 valence electrons. The third-order valence-electron chi connectivity index (χ3n) is 5.83. The third kappa shape index (κ3) is 3.81. The van der Waals surface area contributed by atoms with Gasteiger partial charge in [-0.15, -0.1) is 0 Å². The summed E-state index contributed by atoms with van der Waals surface area (Å²) in [7, 11) is 0. The van der Waals surface area contributed by atoms with Crippen molar-refractivity contribution >= 4 is 5.69 Å². The van der Waals surface area contributed by atoms with Crippen LogP contribution in [0.2, 0.25) is 0 Å². The van der Waals surface area contributed by atoms with Gasteiger partial charge in [0.05, 0.1) is 0 Å². The summed E-state index contributed by atoms with van der Waals surface area (Å²) in [6.07, 6.45) is 7.82. The maximum Gasteiger partial charge on any atom is 0.0404 e. The molecule has 0 bridgehead atoms. The molecule has 1 aromatic carbocycles. The van der Waals surface area contributed by atoms with E-state index in [0.717, 1.165) is 12.3 Å². The van der Waals surface area contributed by atoms with Crippen molar-refractivity contribution in [2.75, 3.05) is 5.32 Å². The van der Waals surface area contributed by atoms with E-state index in [4.69, 9.17) is 0 Å². The second-order valence-electron chi connectivity index (χ2n) is 7.50. The highest BCUT2D eigenvalue weighted by atomic mass is 14.9. The van der Waals surface area contributed by atoms with Crippen LogP contribution in [0.4, 0.5) is 5.69 Å². The summed E-state index contributed by atoms with van der Waals surface area (Å²) in [5.41, 5.74) is 4.77. The van der Waals surface area contributed by atoms with Crippen molar-refractivity contribution in [2.24, 2.45) is 11.3 Å². The molecule has 2 rings (SSSR count). The number of rotatable bonds is 5. The Bertz CT molecular complexity index is 453. The molecule has 1 saturated carbocycles. The first-order valence-electron chi connectivity index (χ1n) is 8.83. The molecule has 1 nitrogen and oxygen atoms in total. The van der Waals surface area contributed by atoms with Crippen LogP contribution in [-0.4, -0.2) is 6.04 Å². The van der Waals surface area contributed by atoms with Gasteiger partial charge in [-0.1, -0.05) is 52.3 Å². The molecule has 0 aromatic heterocycles. The maximum atomic E-state index is 3.86. The second-order valence-corrected chi connectivity index (χ2v) is 7.50. The summed E-state index contributed by atoms with van der Waals surface area (Å²) in [4.78, 5) is 0. The summed E-state index contributed by atoms with van der Waals surface area (Å²) in [5, 5.41) is 3.86. The highest BCUT2D eigenvalue weighted by Crippen LogP contribution is 2.41. The molecular formula is C20H33N. The molecule has 0 aliphatic heterocycles. The average molecular weight is 287 g/mol. The van der Waals surface area contributed by atoms with Gasteiger partial charge >= 0.3 is 0 Å². The molecule has 1 aliphatic rings. The van der Waals surface area contributed by atoms with Crippen molar-refractivity contribution in [3.8, 4) is 0 Å². The molecule has 0 spiro atoms. The first-order valence-corrected chi connectivity index (χ1v) is 8.83. The van der Waals surface area contributed by atoms with Crippen LogP contribution in [0.1, 0.15) is 70.9 Å². The molecule has 0 radical (unpaired) electrons. The quantitative estimate of drug-likeness (QED) is 0.704. The van der Waals surface area contributed by atoms with Gasteiger partial charge in [0, 0.05) is 11.7 Å². The smallest absolute Gasteiger partial charge is 0.0404 e. The van der Waals surface area contributed by atoms with Gasteiger partial charge in [0.1, 0.15) is 0 Å². The fourth-order valence-corrected chi connectivity index (χ4v) is 3.74. The summed E-state index contributed by atoms with van der Waals surface area (Å²) in [6.45, 7) is 11.7. The van der Waals surface area contributed by atoms with Gasteiger partial charge in [0.15, 0.2) is 0 Å². The zero-order valence-electron chi connectivity index (χ0n) is 14.6. The molecule has 0 heterocycles. The van der Waals surface area contributed by atoms with Crippen molar-refractivity contribution in [3.63, 3.8) is 0 Å². The molecule has 1 N–H and O–H groups in total. The second kappa shape index (κ2) is 6.85. The first-order chi connectivity index (χ1) is 9.97. The van der Waals surface area contributed by atoms with E-state index in [1.807, 2.05) is 0 Å². The van der Waals surface area contributed by atoms with Crippen LogP contribution in [0.25, 0.3) is 0 Å². The van der Waals surface area contributed by atoms with Crippen LogP contribution in [0.5, 0.6) is 0 Å².